The van der Waals surface area contributed by atoms with Crippen LogP contribution in [0.4, 0.5) is 8.78 Å². The molecule has 106 valence electrons. The van der Waals surface area contributed by atoms with Gasteiger partial charge in [-0.15, -0.1) is 0 Å². The Labute approximate surface area is 116 Å². The van der Waals surface area contributed by atoms with Crippen molar-refractivity contribution in [2.75, 3.05) is 13.1 Å². The third-order valence-corrected chi connectivity index (χ3v) is 3.27. The minimum absolute atomic E-state index is 0.00629. The van der Waals surface area contributed by atoms with Crippen molar-refractivity contribution in [1.29, 1.82) is 0 Å². The fraction of sp³-hybridized carbons (Fsp3) is 0.462. The van der Waals surface area contributed by atoms with Crippen molar-refractivity contribution >= 4 is 17.7 Å². The van der Waals surface area contributed by atoms with Gasteiger partial charge in [0.2, 0.25) is 5.91 Å². The monoisotopic (exact) mass is 288 g/mol. The van der Waals surface area contributed by atoms with Gasteiger partial charge < -0.3 is 10.6 Å². The minimum Gasteiger partial charge on any atom is -0.355 e. The Kier molecular flexibility index (Phi) is 6.80. The van der Waals surface area contributed by atoms with Crippen LogP contribution in [0.5, 0.6) is 0 Å². The molecular weight excluding hydrogens is 270 g/mol. The highest BCUT2D eigenvalue weighted by Gasteiger charge is 2.09. The number of hydrogen-bond acceptors (Lipinski definition) is 3. The highest BCUT2D eigenvalue weighted by molar-refractivity contribution is 7.99. The molecule has 0 aromatic heterocycles. The third kappa shape index (κ3) is 6.02. The Morgan fingerprint density at radius 3 is 2.47 bits per heavy atom. The van der Waals surface area contributed by atoms with Crippen LogP contribution in [0.25, 0.3) is 0 Å². The van der Waals surface area contributed by atoms with E-state index in [1.807, 2.05) is 13.8 Å². The molecule has 19 heavy (non-hydrogen) atoms. The van der Waals surface area contributed by atoms with E-state index >= 15 is 0 Å². The van der Waals surface area contributed by atoms with Crippen LogP contribution in [0, 0.1) is 0 Å². The molecule has 6 heteroatoms. The summed E-state index contributed by atoms with van der Waals surface area (Å²) in [6.07, 6.45) is 0. The smallest absolute Gasteiger partial charge is 0.288 e. The number of halogens is 2. The van der Waals surface area contributed by atoms with Gasteiger partial charge in [0, 0.05) is 17.5 Å². The van der Waals surface area contributed by atoms with Crippen LogP contribution < -0.4 is 10.6 Å². The van der Waals surface area contributed by atoms with Gasteiger partial charge in [0.1, 0.15) is 0 Å². The van der Waals surface area contributed by atoms with E-state index in [1.165, 1.54) is 0 Å². The van der Waals surface area contributed by atoms with E-state index in [9.17, 15) is 13.6 Å². The molecule has 1 aromatic rings. The van der Waals surface area contributed by atoms with Crippen molar-refractivity contribution in [2.24, 2.45) is 0 Å². The summed E-state index contributed by atoms with van der Waals surface area (Å²) < 4.78 is 24.3. The fourth-order valence-electron chi connectivity index (χ4n) is 1.56. The van der Waals surface area contributed by atoms with Crippen LogP contribution in [0.15, 0.2) is 29.2 Å². The summed E-state index contributed by atoms with van der Waals surface area (Å²) in [5.74, 6) is -2.46. The topological polar surface area (TPSA) is 41.1 Å². The van der Waals surface area contributed by atoms with Crippen molar-refractivity contribution in [3.05, 3.63) is 29.8 Å². The standard InChI is InChI=1S/C13H18F2N2OS/c1-3-16-12(18)8-17-9(2)10-4-6-11(7-5-10)19-13(14)15/h4-7,9,13,17H,3,8H2,1-2H3,(H,16,18)/t9-/m0/s1. The summed E-state index contributed by atoms with van der Waals surface area (Å²) in [6, 6.07) is 6.90. The second-order valence-corrected chi connectivity index (χ2v) is 5.07. The molecule has 0 bridgehead atoms. The Hall–Kier alpha value is -1.14. The maximum atomic E-state index is 12.2. The number of thioether (sulfide) groups is 1. The average molecular weight is 288 g/mol. The normalized spacial score (nSPS) is 12.5. The van der Waals surface area contributed by atoms with Crippen LogP contribution in [0.3, 0.4) is 0 Å². The maximum Gasteiger partial charge on any atom is 0.288 e. The van der Waals surface area contributed by atoms with Crippen molar-refractivity contribution < 1.29 is 13.6 Å². The van der Waals surface area contributed by atoms with Crippen LogP contribution >= 0.6 is 11.8 Å². The first-order chi connectivity index (χ1) is 9.02. The molecule has 0 fully saturated rings. The lowest BCUT2D eigenvalue weighted by Gasteiger charge is -2.14. The first-order valence-electron chi connectivity index (χ1n) is 6.07. The number of benzene rings is 1. The van der Waals surface area contributed by atoms with Crippen molar-refractivity contribution in [2.45, 2.75) is 30.5 Å². The van der Waals surface area contributed by atoms with Crippen LogP contribution in [0.2, 0.25) is 0 Å². The molecule has 0 saturated carbocycles. The lowest BCUT2D eigenvalue weighted by atomic mass is 10.1. The van der Waals surface area contributed by atoms with Gasteiger partial charge in [0.05, 0.1) is 6.54 Å². The maximum absolute atomic E-state index is 12.2. The summed E-state index contributed by atoms with van der Waals surface area (Å²) in [5, 5.41) is 5.77. The van der Waals surface area contributed by atoms with E-state index in [-0.39, 0.29) is 18.5 Å². The Morgan fingerprint density at radius 1 is 1.32 bits per heavy atom. The van der Waals surface area contributed by atoms with Crippen LogP contribution in [-0.2, 0) is 4.79 Å². The van der Waals surface area contributed by atoms with E-state index in [0.717, 1.165) is 5.56 Å². The molecule has 0 aliphatic carbocycles. The largest absolute Gasteiger partial charge is 0.355 e. The van der Waals surface area contributed by atoms with E-state index < -0.39 is 5.76 Å². The number of rotatable bonds is 7. The lowest BCUT2D eigenvalue weighted by Crippen LogP contribution is -2.34. The van der Waals surface area contributed by atoms with Gasteiger partial charge >= 0.3 is 0 Å². The van der Waals surface area contributed by atoms with E-state index in [4.69, 9.17) is 0 Å². The molecular formula is C13H18F2N2OS. The zero-order valence-electron chi connectivity index (χ0n) is 11.0. The summed E-state index contributed by atoms with van der Waals surface area (Å²) in [5.41, 5.74) is 0.961. The summed E-state index contributed by atoms with van der Waals surface area (Å²) in [6.45, 7) is 4.63. The molecule has 1 aromatic carbocycles. The summed E-state index contributed by atoms with van der Waals surface area (Å²) in [4.78, 5) is 11.8. The number of alkyl halides is 2. The second kappa shape index (κ2) is 8.12. The Balaban J connectivity index is 2.48. The minimum atomic E-state index is -2.40. The van der Waals surface area contributed by atoms with Gasteiger partial charge in [-0.3, -0.25) is 4.79 Å². The van der Waals surface area contributed by atoms with Crippen LogP contribution in [0.1, 0.15) is 25.5 Å². The molecule has 0 aliphatic heterocycles. The summed E-state index contributed by atoms with van der Waals surface area (Å²) in [7, 11) is 0. The van der Waals surface area contributed by atoms with E-state index in [2.05, 4.69) is 10.6 Å². The van der Waals surface area contributed by atoms with Gasteiger partial charge in [-0.1, -0.05) is 23.9 Å². The molecule has 0 spiro atoms. The predicted octanol–water partition coefficient (Wildman–Crippen LogP) is 2.79. The number of carbonyl (C=O) groups is 1. The zero-order valence-corrected chi connectivity index (χ0v) is 11.8. The lowest BCUT2D eigenvalue weighted by molar-refractivity contribution is -0.120. The molecule has 3 nitrogen and oxygen atoms in total. The molecule has 0 radical (unpaired) electrons. The fourth-order valence-corrected chi connectivity index (χ4v) is 2.06. The molecule has 0 aliphatic rings. The van der Waals surface area contributed by atoms with Gasteiger partial charge in [0.25, 0.3) is 5.76 Å². The number of amides is 1. The number of hydrogen-bond donors (Lipinski definition) is 2. The highest BCUT2D eigenvalue weighted by atomic mass is 32.2. The molecule has 1 atom stereocenters. The zero-order chi connectivity index (χ0) is 14.3. The molecule has 0 unspecified atom stereocenters. The molecule has 2 N–H and O–H groups in total. The number of nitrogens with one attached hydrogen (secondary N) is 2. The second-order valence-electron chi connectivity index (χ2n) is 4.00. The van der Waals surface area contributed by atoms with Crippen LogP contribution in [-0.4, -0.2) is 24.8 Å². The number of likely N-dealkylation sites (N-methyl/N-ethyl adjacent to an activating group) is 1. The first kappa shape index (κ1) is 15.9. The average Bonchev–Trinajstić information content (AvgIpc) is 2.36. The third-order valence-electron chi connectivity index (χ3n) is 2.55. The predicted molar refractivity (Wildman–Crippen MR) is 73.4 cm³/mol. The van der Waals surface area contributed by atoms with Gasteiger partial charge in [-0.25, -0.2) is 0 Å². The van der Waals surface area contributed by atoms with E-state index in [1.54, 1.807) is 24.3 Å². The van der Waals surface area contributed by atoms with Gasteiger partial charge in [-0.2, -0.15) is 8.78 Å². The molecule has 0 heterocycles. The van der Waals surface area contributed by atoms with E-state index in [0.29, 0.717) is 23.2 Å². The van der Waals surface area contributed by atoms with Crippen molar-refractivity contribution in [3.8, 4) is 0 Å². The SMILES string of the molecule is CCNC(=O)CN[C@@H](C)c1ccc(SC(F)F)cc1. The quantitative estimate of drug-likeness (QED) is 0.758. The highest BCUT2D eigenvalue weighted by Crippen LogP contribution is 2.26. The first-order valence-corrected chi connectivity index (χ1v) is 6.95. The van der Waals surface area contributed by atoms with Crippen molar-refractivity contribution in [3.63, 3.8) is 0 Å². The van der Waals surface area contributed by atoms with Gasteiger partial charge in [-0.05, 0) is 31.5 Å². The molecule has 0 saturated heterocycles. The van der Waals surface area contributed by atoms with Gasteiger partial charge in [0.15, 0.2) is 0 Å². The Morgan fingerprint density at radius 2 is 1.95 bits per heavy atom. The van der Waals surface area contributed by atoms with Crippen molar-refractivity contribution in [1.82, 2.24) is 10.6 Å². The Bertz CT molecular complexity index is 398. The summed E-state index contributed by atoms with van der Waals surface area (Å²) >= 11 is 0.526. The molecule has 1 rings (SSSR count). The number of carbonyl (C=O) groups excluding carboxylic acids is 1. The molecule has 1 amide bonds.